The van der Waals surface area contributed by atoms with Gasteiger partial charge in [-0.25, -0.2) is 17.2 Å². The highest BCUT2D eigenvalue weighted by atomic mass is 32.2. The summed E-state index contributed by atoms with van der Waals surface area (Å²) in [5, 5.41) is 10.8. The third kappa shape index (κ3) is 3.19. The third-order valence-corrected chi connectivity index (χ3v) is 4.23. The van der Waals surface area contributed by atoms with E-state index >= 15 is 0 Å². The summed E-state index contributed by atoms with van der Waals surface area (Å²) in [6.07, 6.45) is 0. The van der Waals surface area contributed by atoms with Crippen LogP contribution in [0.2, 0.25) is 0 Å². The predicted molar refractivity (Wildman–Crippen MR) is 75.0 cm³/mol. The fraction of sp³-hybridized carbons (Fsp3) is 0.0769. The first kappa shape index (κ1) is 15.8. The van der Waals surface area contributed by atoms with Crippen molar-refractivity contribution >= 4 is 21.4 Å². The molecule has 2 aromatic rings. The molecule has 0 aliphatic heterocycles. The minimum absolute atomic E-state index is 0.00299. The molecule has 9 heteroatoms. The highest BCUT2D eigenvalue weighted by Gasteiger charge is 2.24. The molecule has 0 aliphatic rings. The molecule has 2 aromatic carbocycles. The van der Waals surface area contributed by atoms with Crippen LogP contribution in [0.4, 0.5) is 20.2 Å². The van der Waals surface area contributed by atoms with E-state index < -0.39 is 37.2 Å². The van der Waals surface area contributed by atoms with Crippen molar-refractivity contribution in [1.82, 2.24) is 0 Å². The predicted octanol–water partition coefficient (Wildman–Crippen LogP) is 2.98. The van der Waals surface area contributed by atoms with E-state index in [9.17, 15) is 27.3 Å². The smallest absolute Gasteiger partial charge is 0.273 e. The summed E-state index contributed by atoms with van der Waals surface area (Å²) in [6, 6.07) is 5.76. The maximum Gasteiger partial charge on any atom is 0.273 e. The van der Waals surface area contributed by atoms with Gasteiger partial charge in [0.25, 0.3) is 15.7 Å². The Hall–Kier alpha value is -2.55. The number of aryl methyl sites for hydroxylation is 1. The molecular formula is C13H10F2N2O4S. The van der Waals surface area contributed by atoms with Crippen LogP contribution in [0.15, 0.2) is 41.3 Å². The van der Waals surface area contributed by atoms with Gasteiger partial charge in [0.05, 0.1) is 4.92 Å². The van der Waals surface area contributed by atoms with E-state index in [2.05, 4.69) is 0 Å². The Balaban J connectivity index is 2.47. The molecular weight excluding hydrogens is 318 g/mol. The molecule has 2 rings (SSSR count). The van der Waals surface area contributed by atoms with E-state index in [1.165, 1.54) is 6.92 Å². The minimum atomic E-state index is -4.38. The quantitative estimate of drug-likeness (QED) is 0.690. The zero-order valence-electron chi connectivity index (χ0n) is 11.2. The van der Waals surface area contributed by atoms with Crippen LogP contribution >= 0.6 is 0 Å². The Morgan fingerprint density at radius 1 is 1.14 bits per heavy atom. The van der Waals surface area contributed by atoms with E-state index in [0.29, 0.717) is 6.07 Å². The van der Waals surface area contributed by atoms with Crippen molar-refractivity contribution < 1.29 is 22.1 Å². The summed E-state index contributed by atoms with van der Waals surface area (Å²) in [5.74, 6) is -1.68. The van der Waals surface area contributed by atoms with Crippen LogP contribution in [0.3, 0.4) is 0 Å². The lowest BCUT2D eigenvalue weighted by molar-refractivity contribution is -0.385. The lowest BCUT2D eigenvalue weighted by atomic mass is 10.2. The Morgan fingerprint density at radius 2 is 1.73 bits per heavy atom. The van der Waals surface area contributed by atoms with Crippen molar-refractivity contribution in [3.8, 4) is 0 Å². The molecule has 116 valence electrons. The van der Waals surface area contributed by atoms with Crippen molar-refractivity contribution in [1.29, 1.82) is 0 Å². The van der Waals surface area contributed by atoms with Gasteiger partial charge in [-0.05, 0) is 37.3 Å². The lowest BCUT2D eigenvalue weighted by Gasteiger charge is -2.09. The largest absolute Gasteiger partial charge is 0.280 e. The van der Waals surface area contributed by atoms with Gasteiger partial charge in [0, 0.05) is 17.3 Å². The zero-order valence-corrected chi connectivity index (χ0v) is 12.0. The molecule has 22 heavy (non-hydrogen) atoms. The van der Waals surface area contributed by atoms with Crippen LogP contribution in [0, 0.1) is 28.7 Å². The number of nitro benzene ring substituents is 1. The number of hydrogen-bond donors (Lipinski definition) is 1. The number of sulfonamides is 1. The monoisotopic (exact) mass is 328 g/mol. The third-order valence-electron chi connectivity index (χ3n) is 2.83. The number of nitro groups is 1. The number of nitrogens with one attached hydrogen (secondary N) is 1. The number of anilines is 1. The Labute approximate surface area is 124 Å². The average molecular weight is 328 g/mol. The summed E-state index contributed by atoms with van der Waals surface area (Å²) in [4.78, 5) is 9.18. The van der Waals surface area contributed by atoms with Crippen LogP contribution in [0.5, 0.6) is 0 Å². The van der Waals surface area contributed by atoms with Gasteiger partial charge >= 0.3 is 0 Å². The summed E-state index contributed by atoms with van der Waals surface area (Å²) < 4.78 is 52.9. The number of hydrogen-bond acceptors (Lipinski definition) is 4. The number of nitrogens with zero attached hydrogens (tertiary/aromatic N) is 1. The number of halogens is 2. The molecule has 0 saturated heterocycles. The summed E-state index contributed by atoms with van der Waals surface area (Å²) in [7, 11) is -4.38. The second kappa shape index (κ2) is 5.68. The van der Waals surface area contributed by atoms with Crippen LogP contribution < -0.4 is 4.72 Å². The van der Waals surface area contributed by atoms with Gasteiger partial charge in [-0.15, -0.1) is 0 Å². The van der Waals surface area contributed by atoms with Gasteiger partial charge < -0.3 is 0 Å². The highest BCUT2D eigenvalue weighted by Crippen LogP contribution is 2.26. The molecule has 0 aromatic heterocycles. The van der Waals surface area contributed by atoms with Gasteiger partial charge in [-0.2, -0.15) is 0 Å². The van der Waals surface area contributed by atoms with E-state index in [1.807, 2.05) is 4.72 Å². The van der Waals surface area contributed by atoms with Gasteiger partial charge in [-0.1, -0.05) is 0 Å². The average Bonchev–Trinajstić information content (AvgIpc) is 2.40. The molecule has 0 atom stereocenters. The SMILES string of the molecule is Cc1cc(F)c(S(=O)(=O)Nc2ccc(F)cc2)cc1[N+](=O)[O-]. The number of rotatable bonds is 4. The van der Waals surface area contributed by atoms with Crippen LogP contribution in [-0.2, 0) is 10.0 Å². The van der Waals surface area contributed by atoms with Gasteiger partial charge in [-0.3, -0.25) is 14.8 Å². The molecule has 6 nitrogen and oxygen atoms in total. The topological polar surface area (TPSA) is 89.3 Å². The Bertz CT molecular complexity index is 836. The minimum Gasteiger partial charge on any atom is -0.280 e. The normalized spacial score (nSPS) is 11.2. The van der Waals surface area contributed by atoms with E-state index in [4.69, 9.17) is 0 Å². The first-order valence-electron chi connectivity index (χ1n) is 5.93. The standard InChI is InChI=1S/C13H10F2N2O4S/c1-8-6-11(15)13(7-12(8)17(18)19)22(20,21)16-10-4-2-9(14)3-5-10/h2-7,16H,1H3. The molecule has 0 radical (unpaired) electrons. The molecule has 0 spiro atoms. The molecule has 0 heterocycles. The van der Waals surface area contributed by atoms with E-state index in [0.717, 1.165) is 30.3 Å². The molecule has 0 bridgehead atoms. The zero-order chi connectivity index (χ0) is 16.5. The molecule has 0 amide bonds. The summed E-state index contributed by atoms with van der Waals surface area (Å²) in [5.41, 5.74) is -0.506. The summed E-state index contributed by atoms with van der Waals surface area (Å²) >= 11 is 0. The van der Waals surface area contributed by atoms with Crippen molar-refractivity contribution in [2.24, 2.45) is 0 Å². The maximum atomic E-state index is 13.9. The second-order valence-electron chi connectivity index (χ2n) is 4.44. The van der Waals surface area contributed by atoms with Crippen molar-refractivity contribution in [3.63, 3.8) is 0 Å². The molecule has 1 N–H and O–H groups in total. The molecule has 0 unspecified atom stereocenters. The van der Waals surface area contributed by atoms with Gasteiger partial charge in [0.15, 0.2) is 0 Å². The van der Waals surface area contributed by atoms with Gasteiger partial charge in [0.2, 0.25) is 0 Å². The summed E-state index contributed by atoms with van der Waals surface area (Å²) in [6.45, 7) is 1.30. The maximum absolute atomic E-state index is 13.9. The van der Waals surface area contributed by atoms with Crippen molar-refractivity contribution in [2.75, 3.05) is 4.72 Å². The van der Waals surface area contributed by atoms with E-state index in [1.54, 1.807) is 0 Å². The molecule has 0 saturated carbocycles. The highest BCUT2D eigenvalue weighted by molar-refractivity contribution is 7.92. The van der Waals surface area contributed by atoms with Crippen LogP contribution in [0.1, 0.15) is 5.56 Å². The van der Waals surface area contributed by atoms with Crippen molar-refractivity contribution in [3.05, 3.63) is 63.7 Å². The first-order valence-corrected chi connectivity index (χ1v) is 7.42. The van der Waals surface area contributed by atoms with Gasteiger partial charge in [0.1, 0.15) is 16.5 Å². The fourth-order valence-electron chi connectivity index (χ4n) is 1.77. The first-order chi connectivity index (χ1) is 10.2. The van der Waals surface area contributed by atoms with E-state index in [-0.39, 0.29) is 11.3 Å². The lowest BCUT2D eigenvalue weighted by Crippen LogP contribution is -2.15. The van der Waals surface area contributed by atoms with Crippen molar-refractivity contribution in [2.45, 2.75) is 11.8 Å². The fourth-order valence-corrected chi connectivity index (χ4v) is 2.91. The van der Waals surface area contributed by atoms with Crippen LogP contribution in [0.25, 0.3) is 0 Å². The molecule has 0 fully saturated rings. The number of benzene rings is 2. The molecule has 0 aliphatic carbocycles. The Morgan fingerprint density at radius 3 is 2.27 bits per heavy atom. The second-order valence-corrected chi connectivity index (χ2v) is 6.09. The Kier molecular flexibility index (Phi) is 4.09. The van der Waals surface area contributed by atoms with Crippen LogP contribution in [-0.4, -0.2) is 13.3 Å².